The van der Waals surface area contributed by atoms with Gasteiger partial charge in [-0.25, -0.2) is 0 Å². The molecule has 0 saturated heterocycles. The van der Waals surface area contributed by atoms with Crippen LogP contribution in [0.1, 0.15) is 0 Å². The normalized spacial score (nSPS) is 32.1. The first-order chi connectivity index (χ1) is 7.25. The molecular formula is C12H13N3. The van der Waals surface area contributed by atoms with E-state index in [1.807, 2.05) is 12.1 Å². The van der Waals surface area contributed by atoms with Gasteiger partial charge in [0.15, 0.2) is 0 Å². The monoisotopic (exact) mass is 199 g/mol. The van der Waals surface area contributed by atoms with E-state index >= 15 is 0 Å². The lowest BCUT2D eigenvalue weighted by Gasteiger charge is -2.18. The number of nitrogens with zero attached hydrogens (tertiary/aromatic N) is 1. The molecule has 2 aliphatic rings. The molecule has 1 aromatic rings. The first kappa shape index (κ1) is 8.68. The second-order valence-electron chi connectivity index (χ2n) is 4.11. The van der Waals surface area contributed by atoms with Crippen LogP contribution in [0.2, 0.25) is 0 Å². The van der Waals surface area contributed by atoms with E-state index in [0.717, 1.165) is 0 Å². The van der Waals surface area contributed by atoms with E-state index in [1.165, 1.54) is 10.4 Å². The molecule has 0 bridgehead atoms. The number of aliphatic imine (C=N–C) groups is 1. The van der Waals surface area contributed by atoms with Crippen LogP contribution in [-0.2, 0) is 0 Å². The lowest BCUT2D eigenvalue weighted by Crippen LogP contribution is -2.38. The summed E-state index contributed by atoms with van der Waals surface area (Å²) >= 11 is 0. The number of hydrogen-bond donors (Lipinski definition) is 2. The Hall–Kier alpha value is -1.61. The zero-order valence-electron chi connectivity index (χ0n) is 8.30. The van der Waals surface area contributed by atoms with Crippen LogP contribution in [0.15, 0.2) is 29.3 Å². The van der Waals surface area contributed by atoms with Crippen molar-refractivity contribution in [2.45, 2.75) is 6.17 Å². The minimum absolute atomic E-state index is 0.181. The SMILES string of the molecule is NC1=NC(N)C2C=c3ccccc3=CC12. The molecule has 3 unspecified atom stereocenters. The zero-order chi connectivity index (χ0) is 10.4. The van der Waals surface area contributed by atoms with Crippen LogP contribution in [-0.4, -0.2) is 12.0 Å². The van der Waals surface area contributed by atoms with Gasteiger partial charge in [-0.1, -0.05) is 36.4 Å². The van der Waals surface area contributed by atoms with Gasteiger partial charge in [-0.05, 0) is 10.4 Å². The molecule has 4 N–H and O–H groups in total. The second kappa shape index (κ2) is 2.94. The third-order valence-corrected chi connectivity index (χ3v) is 3.18. The predicted octanol–water partition coefficient (Wildman–Crippen LogP) is -0.851. The fourth-order valence-electron chi connectivity index (χ4n) is 2.37. The van der Waals surface area contributed by atoms with Crippen molar-refractivity contribution in [2.24, 2.45) is 28.3 Å². The van der Waals surface area contributed by atoms with Gasteiger partial charge in [-0.3, -0.25) is 4.99 Å². The Balaban J connectivity index is 2.23. The van der Waals surface area contributed by atoms with Crippen molar-refractivity contribution in [2.75, 3.05) is 0 Å². The highest BCUT2D eigenvalue weighted by Crippen LogP contribution is 2.26. The summed E-state index contributed by atoms with van der Waals surface area (Å²) in [6, 6.07) is 8.27. The maximum Gasteiger partial charge on any atom is 0.106 e. The maximum atomic E-state index is 5.92. The summed E-state index contributed by atoms with van der Waals surface area (Å²) in [4.78, 5) is 4.23. The number of hydrogen-bond acceptors (Lipinski definition) is 3. The Morgan fingerprint density at radius 1 is 1.07 bits per heavy atom. The molecule has 0 saturated carbocycles. The number of fused-ring (bicyclic) bond motifs is 2. The van der Waals surface area contributed by atoms with E-state index in [2.05, 4.69) is 29.3 Å². The third-order valence-electron chi connectivity index (χ3n) is 3.18. The highest BCUT2D eigenvalue weighted by Gasteiger charge is 2.33. The van der Waals surface area contributed by atoms with Crippen LogP contribution in [0.3, 0.4) is 0 Å². The molecule has 1 aromatic carbocycles. The zero-order valence-corrected chi connectivity index (χ0v) is 8.30. The number of rotatable bonds is 0. The maximum absolute atomic E-state index is 5.92. The van der Waals surface area contributed by atoms with Crippen molar-refractivity contribution in [3.63, 3.8) is 0 Å². The van der Waals surface area contributed by atoms with Crippen LogP contribution in [0.25, 0.3) is 12.2 Å². The van der Waals surface area contributed by atoms with Gasteiger partial charge in [-0.2, -0.15) is 0 Å². The van der Waals surface area contributed by atoms with E-state index < -0.39 is 0 Å². The predicted molar refractivity (Wildman–Crippen MR) is 61.2 cm³/mol. The average molecular weight is 199 g/mol. The van der Waals surface area contributed by atoms with Gasteiger partial charge in [-0.15, -0.1) is 0 Å². The van der Waals surface area contributed by atoms with Crippen LogP contribution in [0.4, 0.5) is 0 Å². The van der Waals surface area contributed by atoms with Gasteiger partial charge in [0.2, 0.25) is 0 Å². The molecule has 0 spiro atoms. The molecule has 1 heterocycles. The summed E-state index contributed by atoms with van der Waals surface area (Å²) in [7, 11) is 0. The molecular weight excluding hydrogens is 186 g/mol. The van der Waals surface area contributed by atoms with Crippen LogP contribution in [0.5, 0.6) is 0 Å². The van der Waals surface area contributed by atoms with Gasteiger partial charge in [0, 0.05) is 11.8 Å². The highest BCUT2D eigenvalue weighted by molar-refractivity contribution is 5.91. The molecule has 3 atom stereocenters. The van der Waals surface area contributed by atoms with Crippen LogP contribution >= 0.6 is 0 Å². The fourth-order valence-corrected chi connectivity index (χ4v) is 2.37. The van der Waals surface area contributed by atoms with Crippen LogP contribution < -0.4 is 21.9 Å². The van der Waals surface area contributed by atoms with E-state index in [1.54, 1.807) is 0 Å². The van der Waals surface area contributed by atoms with Crippen molar-refractivity contribution in [3.8, 4) is 0 Å². The molecule has 3 nitrogen and oxygen atoms in total. The van der Waals surface area contributed by atoms with E-state index in [9.17, 15) is 0 Å². The molecule has 1 aliphatic heterocycles. The standard InChI is InChI=1S/C12H13N3/c13-11-9-5-7-3-1-2-4-8(7)6-10(9)12(14)15-11/h1-6,9-11H,13H2,(H2,14,15). The molecule has 0 radical (unpaired) electrons. The van der Waals surface area contributed by atoms with Gasteiger partial charge >= 0.3 is 0 Å². The quantitative estimate of drug-likeness (QED) is 0.571. The smallest absolute Gasteiger partial charge is 0.106 e. The Morgan fingerprint density at radius 3 is 2.47 bits per heavy atom. The molecule has 3 rings (SSSR count). The van der Waals surface area contributed by atoms with Crippen molar-refractivity contribution in [1.82, 2.24) is 0 Å². The first-order valence-corrected chi connectivity index (χ1v) is 5.13. The third kappa shape index (κ3) is 1.20. The van der Waals surface area contributed by atoms with Crippen molar-refractivity contribution in [3.05, 3.63) is 34.7 Å². The largest absolute Gasteiger partial charge is 0.387 e. The van der Waals surface area contributed by atoms with Crippen LogP contribution in [0, 0.1) is 11.8 Å². The van der Waals surface area contributed by atoms with Gasteiger partial charge < -0.3 is 11.5 Å². The topological polar surface area (TPSA) is 64.4 Å². The Bertz CT molecular complexity index is 544. The van der Waals surface area contributed by atoms with Crippen molar-refractivity contribution >= 4 is 18.0 Å². The van der Waals surface area contributed by atoms with Gasteiger partial charge in [0.1, 0.15) is 12.0 Å². The fraction of sp³-hybridized carbons (Fsp3) is 0.250. The van der Waals surface area contributed by atoms with Crippen molar-refractivity contribution in [1.29, 1.82) is 0 Å². The minimum atomic E-state index is -0.181. The van der Waals surface area contributed by atoms with E-state index in [4.69, 9.17) is 11.5 Å². The minimum Gasteiger partial charge on any atom is -0.387 e. The Morgan fingerprint density at radius 2 is 1.73 bits per heavy atom. The molecule has 15 heavy (non-hydrogen) atoms. The average Bonchev–Trinajstić information content (AvgIpc) is 2.52. The summed E-state index contributed by atoms with van der Waals surface area (Å²) in [5.74, 6) is 1.09. The molecule has 0 aromatic heterocycles. The number of nitrogens with two attached hydrogens (primary N) is 2. The molecule has 76 valence electrons. The highest BCUT2D eigenvalue weighted by atomic mass is 15.0. The molecule has 3 heteroatoms. The summed E-state index contributed by atoms with van der Waals surface area (Å²) in [6.45, 7) is 0. The van der Waals surface area contributed by atoms with Gasteiger partial charge in [0.25, 0.3) is 0 Å². The number of amidine groups is 1. The molecule has 0 fully saturated rings. The lowest BCUT2D eigenvalue weighted by molar-refractivity contribution is 0.550. The molecule has 0 amide bonds. The second-order valence-corrected chi connectivity index (χ2v) is 4.11. The molecule has 1 aliphatic carbocycles. The Kier molecular flexibility index (Phi) is 1.70. The van der Waals surface area contributed by atoms with E-state index in [0.29, 0.717) is 5.84 Å². The van der Waals surface area contributed by atoms with E-state index in [-0.39, 0.29) is 18.0 Å². The van der Waals surface area contributed by atoms with Gasteiger partial charge in [0.05, 0.1) is 0 Å². The summed E-state index contributed by atoms with van der Waals surface area (Å²) in [6.07, 6.45) is 4.18. The summed E-state index contributed by atoms with van der Waals surface area (Å²) in [5, 5.41) is 2.46. The number of benzene rings is 1. The summed E-state index contributed by atoms with van der Waals surface area (Å²) in [5.41, 5.74) is 11.8. The summed E-state index contributed by atoms with van der Waals surface area (Å²) < 4.78 is 0. The van der Waals surface area contributed by atoms with Crippen molar-refractivity contribution < 1.29 is 0 Å². The first-order valence-electron chi connectivity index (χ1n) is 5.13. The Labute approximate surface area is 87.8 Å². The lowest BCUT2D eigenvalue weighted by atomic mass is 9.86.